The second-order valence-electron chi connectivity index (χ2n) is 4.99. The molecule has 124 valence electrons. The molecule has 0 spiro atoms. The molecule has 0 amide bonds. The Morgan fingerprint density at radius 3 is 2.78 bits per heavy atom. The average Bonchev–Trinajstić information content (AvgIpc) is 2.89. The maximum absolute atomic E-state index is 6.21. The molecule has 0 aliphatic rings. The van der Waals surface area contributed by atoms with E-state index in [0.717, 1.165) is 23.7 Å². The maximum atomic E-state index is 6.21. The molecule has 0 radical (unpaired) electrons. The number of nitrogens with zero attached hydrogens (tertiary/aromatic N) is 3. The summed E-state index contributed by atoms with van der Waals surface area (Å²) in [5, 5.41) is 8.88. The molecule has 1 aromatic heterocycles. The van der Waals surface area contributed by atoms with Gasteiger partial charge in [-0.3, -0.25) is 4.68 Å². The van der Waals surface area contributed by atoms with Crippen molar-refractivity contribution >= 4 is 34.6 Å². The summed E-state index contributed by atoms with van der Waals surface area (Å²) in [6.45, 7) is 5.90. The monoisotopic (exact) mass is 352 g/mol. The van der Waals surface area contributed by atoms with Crippen LogP contribution in [0.15, 0.2) is 30.5 Å². The Hall–Kier alpha value is -1.79. The molecule has 2 aromatic rings. The van der Waals surface area contributed by atoms with E-state index >= 15 is 0 Å². The average molecular weight is 353 g/mol. The van der Waals surface area contributed by atoms with Crippen molar-refractivity contribution in [1.82, 2.24) is 14.7 Å². The zero-order chi connectivity index (χ0) is 16.8. The molecule has 0 bridgehead atoms. The summed E-state index contributed by atoms with van der Waals surface area (Å²) in [6, 6.07) is 7.71. The number of thiocarbonyl (C=S) groups is 1. The van der Waals surface area contributed by atoms with Crippen LogP contribution in [0.25, 0.3) is 0 Å². The molecule has 0 fully saturated rings. The highest BCUT2D eigenvalue weighted by Gasteiger charge is 2.13. The standard InChI is InChI=1S/C16H21ClN4OS/c1-4-21-10-12(17)14(19-21)11-20(3)16(23)18-13-8-6-7-9-15(13)22-5-2/h6-10H,4-5,11H2,1-3H3,(H,18,23). The molecule has 1 N–H and O–H groups in total. The number of aromatic nitrogens is 2. The number of para-hydroxylation sites is 2. The first-order chi connectivity index (χ1) is 11.0. The number of hydrogen-bond donors (Lipinski definition) is 1. The minimum Gasteiger partial charge on any atom is -0.492 e. The number of aryl methyl sites for hydroxylation is 1. The zero-order valence-corrected chi connectivity index (χ0v) is 15.1. The first-order valence-corrected chi connectivity index (χ1v) is 8.29. The van der Waals surface area contributed by atoms with Crippen molar-refractivity contribution in [2.24, 2.45) is 0 Å². The number of nitrogens with one attached hydrogen (secondary N) is 1. The third-order valence-corrected chi connectivity index (χ3v) is 4.00. The summed E-state index contributed by atoms with van der Waals surface area (Å²) in [6.07, 6.45) is 1.82. The molecule has 23 heavy (non-hydrogen) atoms. The van der Waals surface area contributed by atoms with E-state index in [9.17, 15) is 0 Å². The number of anilines is 1. The van der Waals surface area contributed by atoms with Crippen LogP contribution in [0.3, 0.4) is 0 Å². The van der Waals surface area contributed by atoms with Crippen molar-refractivity contribution in [3.05, 3.63) is 41.2 Å². The predicted octanol–water partition coefficient (Wildman–Crippen LogP) is 3.78. The van der Waals surface area contributed by atoms with Crippen molar-refractivity contribution in [1.29, 1.82) is 0 Å². The van der Waals surface area contributed by atoms with Crippen LogP contribution in [0.2, 0.25) is 5.02 Å². The number of rotatable bonds is 6. The lowest BCUT2D eigenvalue weighted by Gasteiger charge is -2.21. The maximum Gasteiger partial charge on any atom is 0.173 e. The van der Waals surface area contributed by atoms with E-state index in [2.05, 4.69) is 10.4 Å². The lowest BCUT2D eigenvalue weighted by atomic mass is 10.3. The molecule has 7 heteroatoms. The van der Waals surface area contributed by atoms with Gasteiger partial charge in [0.1, 0.15) is 11.4 Å². The minimum absolute atomic E-state index is 0.536. The summed E-state index contributed by atoms with van der Waals surface area (Å²) in [5.74, 6) is 0.777. The largest absolute Gasteiger partial charge is 0.492 e. The van der Waals surface area contributed by atoms with E-state index in [0.29, 0.717) is 23.3 Å². The summed E-state index contributed by atoms with van der Waals surface area (Å²) in [5.41, 5.74) is 1.65. The van der Waals surface area contributed by atoms with Gasteiger partial charge in [-0.1, -0.05) is 23.7 Å². The van der Waals surface area contributed by atoms with Gasteiger partial charge in [0.2, 0.25) is 0 Å². The van der Waals surface area contributed by atoms with Gasteiger partial charge in [-0.2, -0.15) is 5.10 Å². The molecule has 0 aliphatic heterocycles. The van der Waals surface area contributed by atoms with Gasteiger partial charge in [0.05, 0.1) is 23.9 Å². The van der Waals surface area contributed by atoms with Crippen LogP contribution in [0, 0.1) is 0 Å². The minimum atomic E-state index is 0.536. The molecule has 0 atom stereocenters. The second kappa shape index (κ2) is 8.17. The highest BCUT2D eigenvalue weighted by atomic mass is 35.5. The van der Waals surface area contributed by atoms with Crippen LogP contribution in [-0.4, -0.2) is 33.4 Å². The Morgan fingerprint density at radius 2 is 2.13 bits per heavy atom. The SMILES string of the molecule is CCOc1ccccc1NC(=S)N(C)Cc1nn(CC)cc1Cl. The van der Waals surface area contributed by atoms with Gasteiger partial charge in [-0.05, 0) is 38.2 Å². The molecule has 0 aliphatic carbocycles. The van der Waals surface area contributed by atoms with E-state index < -0.39 is 0 Å². The van der Waals surface area contributed by atoms with Crippen LogP contribution in [0.1, 0.15) is 19.5 Å². The summed E-state index contributed by atoms with van der Waals surface area (Å²) >= 11 is 11.7. The second-order valence-corrected chi connectivity index (χ2v) is 5.79. The zero-order valence-electron chi connectivity index (χ0n) is 13.5. The fourth-order valence-electron chi connectivity index (χ4n) is 2.06. The third-order valence-electron chi connectivity index (χ3n) is 3.27. The molecule has 5 nitrogen and oxygen atoms in total. The lowest BCUT2D eigenvalue weighted by molar-refractivity contribution is 0.342. The number of benzene rings is 1. The molecule has 0 saturated carbocycles. The fraction of sp³-hybridized carbons (Fsp3) is 0.375. The highest BCUT2D eigenvalue weighted by molar-refractivity contribution is 7.80. The van der Waals surface area contributed by atoms with Crippen LogP contribution in [0.4, 0.5) is 5.69 Å². The summed E-state index contributed by atoms with van der Waals surface area (Å²) < 4.78 is 7.41. The molecular formula is C16H21ClN4OS. The van der Waals surface area contributed by atoms with Crippen molar-refractivity contribution in [2.75, 3.05) is 19.0 Å². The van der Waals surface area contributed by atoms with Gasteiger partial charge in [0, 0.05) is 19.8 Å². The molecule has 1 heterocycles. The summed E-state index contributed by atoms with van der Waals surface area (Å²) in [4.78, 5) is 1.90. The lowest BCUT2D eigenvalue weighted by Crippen LogP contribution is -2.31. The van der Waals surface area contributed by atoms with Gasteiger partial charge >= 0.3 is 0 Å². The number of halogens is 1. The van der Waals surface area contributed by atoms with E-state index in [-0.39, 0.29) is 0 Å². The van der Waals surface area contributed by atoms with Gasteiger partial charge < -0.3 is 15.0 Å². The van der Waals surface area contributed by atoms with Gasteiger partial charge in [0.25, 0.3) is 0 Å². The van der Waals surface area contributed by atoms with Crippen LogP contribution in [0.5, 0.6) is 5.75 Å². The van der Waals surface area contributed by atoms with Crippen molar-refractivity contribution < 1.29 is 4.74 Å². The normalized spacial score (nSPS) is 10.4. The van der Waals surface area contributed by atoms with Crippen molar-refractivity contribution in [3.63, 3.8) is 0 Å². The topological polar surface area (TPSA) is 42.3 Å². The van der Waals surface area contributed by atoms with Crippen molar-refractivity contribution in [3.8, 4) is 5.75 Å². The number of hydrogen-bond acceptors (Lipinski definition) is 3. The van der Waals surface area contributed by atoms with Crippen LogP contribution >= 0.6 is 23.8 Å². The van der Waals surface area contributed by atoms with Crippen LogP contribution < -0.4 is 10.1 Å². The van der Waals surface area contributed by atoms with Gasteiger partial charge in [-0.25, -0.2) is 0 Å². The summed E-state index contributed by atoms with van der Waals surface area (Å²) in [7, 11) is 1.90. The van der Waals surface area contributed by atoms with E-state index in [4.69, 9.17) is 28.6 Å². The Balaban J connectivity index is 2.04. The molecule has 0 saturated heterocycles. The van der Waals surface area contributed by atoms with E-state index in [1.807, 2.05) is 60.9 Å². The molecular weight excluding hydrogens is 332 g/mol. The van der Waals surface area contributed by atoms with E-state index in [1.54, 1.807) is 0 Å². The fourth-order valence-corrected chi connectivity index (χ4v) is 2.45. The van der Waals surface area contributed by atoms with Gasteiger partial charge in [0.15, 0.2) is 5.11 Å². The van der Waals surface area contributed by atoms with E-state index in [1.165, 1.54) is 0 Å². The quantitative estimate of drug-likeness (QED) is 0.801. The molecule has 1 aromatic carbocycles. The van der Waals surface area contributed by atoms with Crippen LogP contribution in [-0.2, 0) is 13.1 Å². The molecule has 2 rings (SSSR count). The smallest absolute Gasteiger partial charge is 0.173 e. The first kappa shape index (κ1) is 17.6. The Morgan fingerprint density at radius 1 is 1.39 bits per heavy atom. The predicted molar refractivity (Wildman–Crippen MR) is 98.2 cm³/mol. The number of ether oxygens (including phenoxy) is 1. The Labute approximate surface area is 147 Å². The highest BCUT2D eigenvalue weighted by Crippen LogP contribution is 2.24. The Kier molecular flexibility index (Phi) is 6.24. The first-order valence-electron chi connectivity index (χ1n) is 7.50. The molecule has 0 unspecified atom stereocenters. The third kappa shape index (κ3) is 4.59. The van der Waals surface area contributed by atoms with Crippen molar-refractivity contribution in [2.45, 2.75) is 26.9 Å². The van der Waals surface area contributed by atoms with Gasteiger partial charge in [-0.15, -0.1) is 0 Å². The Bertz CT molecular complexity index is 674.